The van der Waals surface area contributed by atoms with Gasteiger partial charge in [-0.05, 0) is 52.0 Å². The number of nitrogens with one attached hydrogen (secondary N) is 1. The number of hydrogen-bond acceptors (Lipinski definition) is 3. The average molecular weight is 282 g/mol. The molecule has 2 rings (SSSR count). The maximum atomic E-state index is 12.0. The van der Waals surface area contributed by atoms with Crippen LogP contribution in [-0.2, 0) is 4.79 Å². The van der Waals surface area contributed by atoms with Crippen LogP contribution in [0.25, 0.3) is 0 Å². The molecule has 2 saturated carbocycles. The summed E-state index contributed by atoms with van der Waals surface area (Å²) in [6.45, 7) is 7.86. The predicted octanol–water partition coefficient (Wildman–Crippen LogP) is 2.48. The molecule has 4 nitrogen and oxygen atoms in total. The Morgan fingerprint density at radius 1 is 1.30 bits per heavy atom. The molecule has 0 heterocycles. The third-order valence-electron chi connectivity index (χ3n) is 4.90. The minimum absolute atomic E-state index is 0.203. The molecule has 2 aliphatic carbocycles. The highest BCUT2D eigenvalue weighted by atomic mass is 16.4. The summed E-state index contributed by atoms with van der Waals surface area (Å²) in [5, 5.41) is 13.3. The van der Waals surface area contributed by atoms with Crippen LogP contribution in [0.5, 0.6) is 0 Å². The number of hydrogen-bond donors (Lipinski definition) is 2. The third kappa shape index (κ3) is 3.34. The van der Waals surface area contributed by atoms with Crippen LogP contribution in [-0.4, -0.2) is 46.7 Å². The van der Waals surface area contributed by atoms with Crippen molar-refractivity contribution in [3.8, 4) is 0 Å². The molecule has 0 radical (unpaired) electrons. The molecule has 2 N–H and O–H groups in total. The molecule has 0 spiro atoms. The molecule has 20 heavy (non-hydrogen) atoms. The molecule has 2 aliphatic rings. The van der Waals surface area contributed by atoms with Crippen LogP contribution in [0.2, 0.25) is 0 Å². The predicted molar refractivity (Wildman–Crippen MR) is 80.9 cm³/mol. The zero-order chi connectivity index (χ0) is 14.8. The lowest BCUT2D eigenvalue weighted by atomic mass is 9.90. The average Bonchev–Trinajstić information content (AvgIpc) is 3.10. The Morgan fingerprint density at radius 3 is 2.30 bits per heavy atom. The molecule has 1 atom stereocenters. The Bertz CT molecular complexity index is 335. The van der Waals surface area contributed by atoms with Gasteiger partial charge in [0.25, 0.3) is 0 Å². The van der Waals surface area contributed by atoms with Crippen LogP contribution in [0.1, 0.15) is 59.3 Å². The lowest BCUT2D eigenvalue weighted by molar-refractivity contribution is -0.147. The second-order valence-corrected chi connectivity index (χ2v) is 6.85. The van der Waals surface area contributed by atoms with Crippen LogP contribution in [0.4, 0.5) is 0 Å². The van der Waals surface area contributed by atoms with E-state index in [2.05, 4.69) is 17.1 Å². The topological polar surface area (TPSA) is 52.6 Å². The van der Waals surface area contributed by atoms with Gasteiger partial charge < -0.3 is 5.11 Å². The molecule has 0 amide bonds. The number of likely N-dealkylation sites (N-methyl/N-ethyl adjacent to an activating group) is 1. The summed E-state index contributed by atoms with van der Waals surface area (Å²) in [5.74, 6) is -0.358. The first kappa shape index (κ1) is 15.8. The summed E-state index contributed by atoms with van der Waals surface area (Å²) >= 11 is 0. The van der Waals surface area contributed by atoms with Crippen LogP contribution in [0, 0.1) is 5.92 Å². The minimum Gasteiger partial charge on any atom is -0.480 e. The first-order valence-corrected chi connectivity index (χ1v) is 8.24. The Morgan fingerprint density at radius 2 is 1.90 bits per heavy atom. The molecule has 0 bridgehead atoms. The highest BCUT2D eigenvalue weighted by Crippen LogP contribution is 2.41. The van der Waals surface area contributed by atoms with E-state index >= 15 is 0 Å². The highest BCUT2D eigenvalue weighted by molar-refractivity contribution is 5.80. The highest BCUT2D eigenvalue weighted by Gasteiger charge is 2.52. The molecule has 0 aromatic carbocycles. The monoisotopic (exact) mass is 282 g/mol. The number of carboxylic acid groups (broad SMARTS) is 1. The number of carboxylic acids is 1. The smallest absolute Gasteiger partial charge is 0.325 e. The van der Waals surface area contributed by atoms with Crippen LogP contribution in [0.15, 0.2) is 0 Å². The van der Waals surface area contributed by atoms with Gasteiger partial charge in [-0.2, -0.15) is 0 Å². The summed E-state index contributed by atoms with van der Waals surface area (Å²) in [6, 6.07) is 0.792. The second-order valence-electron chi connectivity index (χ2n) is 6.85. The van der Waals surface area contributed by atoms with E-state index in [0.29, 0.717) is 18.5 Å². The van der Waals surface area contributed by atoms with E-state index in [0.717, 1.165) is 19.4 Å². The normalized spacial score (nSPS) is 23.4. The lowest BCUT2D eigenvalue weighted by Crippen LogP contribution is -2.63. The molecule has 1 unspecified atom stereocenters. The van der Waals surface area contributed by atoms with Crippen LogP contribution >= 0.6 is 0 Å². The van der Waals surface area contributed by atoms with Gasteiger partial charge in [-0.25, -0.2) is 0 Å². The van der Waals surface area contributed by atoms with E-state index in [1.165, 1.54) is 25.7 Å². The first-order chi connectivity index (χ1) is 9.49. The van der Waals surface area contributed by atoms with E-state index < -0.39 is 11.5 Å². The maximum Gasteiger partial charge on any atom is 0.325 e. The molecule has 0 aromatic heterocycles. The Balaban J connectivity index is 2.14. The largest absolute Gasteiger partial charge is 0.480 e. The molecule has 0 saturated heterocycles. The van der Waals surface area contributed by atoms with Gasteiger partial charge in [-0.15, -0.1) is 0 Å². The van der Waals surface area contributed by atoms with Gasteiger partial charge in [0.1, 0.15) is 5.54 Å². The van der Waals surface area contributed by atoms with Crippen molar-refractivity contribution in [3.63, 3.8) is 0 Å². The number of nitrogens with zero attached hydrogens (tertiary/aromatic N) is 1. The van der Waals surface area contributed by atoms with E-state index in [4.69, 9.17) is 0 Å². The van der Waals surface area contributed by atoms with Gasteiger partial charge in [-0.1, -0.05) is 19.8 Å². The number of carbonyl (C=O) groups is 1. The van der Waals surface area contributed by atoms with Crippen molar-refractivity contribution in [1.29, 1.82) is 0 Å². The zero-order valence-electron chi connectivity index (χ0n) is 13.2. The quantitative estimate of drug-likeness (QED) is 0.718. The zero-order valence-corrected chi connectivity index (χ0v) is 13.2. The molecule has 116 valence electrons. The summed E-state index contributed by atoms with van der Waals surface area (Å²) in [6.07, 6.45) is 7.15. The molecule has 0 aliphatic heterocycles. The van der Waals surface area contributed by atoms with E-state index in [-0.39, 0.29) is 6.04 Å². The van der Waals surface area contributed by atoms with E-state index in [1.807, 2.05) is 13.8 Å². The van der Waals surface area contributed by atoms with Gasteiger partial charge in [0.15, 0.2) is 0 Å². The summed E-state index contributed by atoms with van der Waals surface area (Å²) < 4.78 is 0. The van der Waals surface area contributed by atoms with Crippen molar-refractivity contribution in [2.75, 3.05) is 13.1 Å². The van der Waals surface area contributed by atoms with Crippen LogP contribution in [0.3, 0.4) is 0 Å². The third-order valence-corrected chi connectivity index (χ3v) is 4.90. The number of rotatable bonds is 8. The van der Waals surface area contributed by atoms with Crippen molar-refractivity contribution in [1.82, 2.24) is 10.2 Å². The fourth-order valence-corrected chi connectivity index (χ4v) is 3.78. The van der Waals surface area contributed by atoms with E-state index in [1.54, 1.807) is 0 Å². The van der Waals surface area contributed by atoms with Crippen molar-refractivity contribution < 1.29 is 9.90 Å². The Labute approximate surface area is 122 Å². The Hall–Kier alpha value is -0.610. The van der Waals surface area contributed by atoms with Crippen molar-refractivity contribution >= 4 is 5.97 Å². The molecular formula is C16H30N2O2. The molecular weight excluding hydrogens is 252 g/mol. The SMILES string of the molecule is CCN(CC(NC(C)C)(C(=O)O)C1CC1)C1CCCC1. The van der Waals surface area contributed by atoms with Gasteiger partial charge >= 0.3 is 5.97 Å². The van der Waals surface area contributed by atoms with Crippen molar-refractivity contribution in [2.24, 2.45) is 5.92 Å². The fraction of sp³-hybridized carbons (Fsp3) is 0.938. The summed E-state index contributed by atoms with van der Waals surface area (Å²) in [7, 11) is 0. The standard InChI is InChI=1S/C16H30N2O2/c1-4-18(14-7-5-6-8-14)11-16(15(19)20,13-9-10-13)17-12(2)3/h12-14,17H,4-11H2,1-3H3,(H,19,20). The molecule has 0 aromatic rings. The first-order valence-electron chi connectivity index (χ1n) is 8.24. The van der Waals surface area contributed by atoms with Gasteiger partial charge in [0.05, 0.1) is 0 Å². The summed E-state index contributed by atoms with van der Waals surface area (Å²) in [4.78, 5) is 14.4. The van der Waals surface area contributed by atoms with Gasteiger partial charge in [-0.3, -0.25) is 15.0 Å². The number of aliphatic carboxylic acids is 1. The minimum atomic E-state index is -0.743. The second kappa shape index (κ2) is 6.44. The van der Waals surface area contributed by atoms with Gasteiger partial charge in [0, 0.05) is 18.6 Å². The van der Waals surface area contributed by atoms with E-state index in [9.17, 15) is 9.90 Å². The molecule has 4 heteroatoms. The molecule has 2 fully saturated rings. The van der Waals surface area contributed by atoms with Crippen molar-refractivity contribution in [2.45, 2.75) is 76.9 Å². The van der Waals surface area contributed by atoms with Crippen LogP contribution < -0.4 is 5.32 Å². The lowest BCUT2D eigenvalue weighted by Gasteiger charge is -2.39. The van der Waals surface area contributed by atoms with Crippen molar-refractivity contribution in [3.05, 3.63) is 0 Å². The van der Waals surface area contributed by atoms with Gasteiger partial charge in [0.2, 0.25) is 0 Å². The summed E-state index contributed by atoms with van der Waals surface area (Å²) in [5.41, 5.74) is -0.743. The fourth-order valence-electron chi connectivity index (χ4n) is 3.78. The maximum absolute atomic E-state index is 12.0. The Kier molecular flexibility index (Phi) is 5.08.